The lowest BCUT2D eigenvalue weighted by Crippen LogP contribution is -2.28. The van der Waals surface area contributed by atoms with Crippen molar-refractivity contribution in [2.24, 2.45) is 4.99 Å². The summed E-state index contributed by atoms with van der Waals surface area (Å²) in [5.41, 5.74) is 0. The Morgan fingerprint density at radius 3 is 3.14 bits per heavy atom. The molecule has 0 bridgehead atoms. The molecule has 0 aromatic rings. The van der Waals surface area contributed by atoms with E-state index >= 15 is 0 Å². The predicted molar refractivity (Wildman–Crippen MR) is 57.0 cm³/mol. The van der Waals surface area contributed by atoms with Gasteiger partial charge in [0.25, 0.3) is 0 Å². The fourth-order valence-corrected chi connectivity index (χ4v) is 2.00. The number of isocyanates is 1. The van der Waals surface area contributed by atoms with Crippen LogP contribution >= 0.6 is 0 Å². The van der Waals surface area contributed by atoms with Gasteiger partial charge in [0.05, 0.1) is 6.54 Å². The van der Waals surface area contributed by atoms with Crippen LogP contribution in [-0.4, -0.2) is 36.7 Å². The summed E-state index contributed by atoms with van der Waals surface area (Å²) in [6.45, 7) is 5.06. The number of likely N-dealkylation sites (tertiary alicyclic amines) is 1. The molecule has 1 heterocycles. The summed E-state index contributed by atoms with van der Waals surface area (Å²) in [7, 11) is 0. The van der Waals surface area contributed by atoms with Crippen LogP contribution in [0.4, 0.5) is 0 Å². The zero-order chi connectivity index (χ0) is 10.2. The highest BCUT2D eigenvalue weighted by atomic mass is 16.1. The van der Waals surface area contributed by atoms with Crippen LogP contribution in [-0.2, 0) is 4.79 Å². The summed E-state index contributed by atoms with van der Waals surface area (Å²) in [5, 5.41) is 0. The maximum absolute atomic E-state index is 9.79. The van der Waals surface area contributed by atoms with Crippen LogP contribution in [0, 0.1) is 0 Å². The first-order chi connectivity index (χ1) is 6.88. The SMILES string of the molecule is CCN1CCCC1C/C=C\CN=C=O. The molecule has 78 valence electrons. The number of carbonyl (C=O) groups excluding carboxylic acids is 1. The van der Waals surface area contributed by atoms with Gasteiger partial charge in [-0.2, -0.15) is 0 Å². The van der Waals surface area contributed by atoms with E-state index in [1.807, 2.05) is 6.08 Å². The highest BCUT2D eigenvalue weighted by molar-refractivity contribution is 5.33. The molecule has 0 saturated carbocycles. The third-order valence-corrected chi connectivity index (χ3v) is 2.74. The molecule has 1 aliphatic heterocycles. The van der Waals surface area contributed by atoms with Gasteiger partial charge in [0, 0.05) is 6.04 Å². The zero-order valence-electron chi connectivity index (χ0n) is 8.78. The average molecular weight is 194 g/mol. The molecule has 0 amide bonds. The van der Waals surface area contributed by atoms with Gasteiger partial charge in [0.2, 0.25) is 6.08 Å². The van der Waals surface area contributed by atoms with Crippen molar-refractivity contribution >= 4 is 6.08 Å². The quantitative estimate of drug-likeness (QED) is 0.379. The van der Waals surface area contributed by atoms with E-state index in [-0.39, 0.29) is 0 Å². The molecule has 3 nitrogen and oxygen atoms in total. The second-order valence-corrected chi connectivity index (χ2v) is 3.56. The van der Waals surface area contributed by atoms with Gasteiger partial charge < -0.3 is 4.90 Å². The molecule has 14 heavy (non-hydrogen) atoms. The Labute approximate surface area is 85.5 Å². The van der Waals surface area contributed by atoms with Gasteiger partial charge in [-0.15, -0.1) is 0 Å². The first-order valence-corrected chi connectivity index (χ1v) is 5.31. The second kappa shape index (κ2) is 6.52. The van der Waals surface area contributed by atoms with E-state index in [2.05, 4.69) is 22.9 Å². The maximum Gasteiger partial charge on any atom is 0.235 e. The van der Waals surface area contributed by atoms with Crippen molar-refractivity contribution in [3.8, 4) is 0 Å². The van der Waals surface area contributed by atoms with E-state index in [0.717, 1.165) is 13.0 Å². The van der Waals surface area contributed by atoms with Crippen molar-refractivity contribution in [2.75, 3.05) is 19.6 Å². The molecule has 1 unspecified atom stereocenters. The third-order valence-electron chi connectivity index (χ3n) is 2.74. The van der Waals surface area contributed by atoms with Gasteiger partial charge >= 0.3 is 0 Å². The first kappa shape index (κ1) is 11.2. The Morgan fingerprint density at radius 2 is 2.43 bits per heavy atom. The Morgan fingerprint density at radius 1 is 1.57 bits per heavy atom. The lowest BCUT2D eigenvalue weighted by Gasteiger charge is -2.20. The van der Waals surface area contributed by atoms with Crippen molar-refractivity contribution in [1.29, 1.82) is 0 Å². The monoisotopic (exact) mass is 194 g/mol. The fourth-order valence-electron chi connectivity index (χ4n) is 2.00. The third kappa shape index (κ3) is 3.44. The van der Waals surface area contributed by atoms with Gasteiger partial charge in [-0.1, -0.05) is 19.1 Å². The molecule has 3 heteroatoms. The van der Waals surface area contributed by atoms with Crippen LogP contribution in [0.2, 0.25) is 0 Å². The van der Waals surface area contributed by atoms with Gasteiger partial charge in [0.1, 0.15) is 0 Å². The van der Waals surface area contributed by atoms with E-state index in [1.165, 1.54) is 25.5 Å². The first-order valence-electron chi connectivity index (χ1n) is 5.31. The Kier molecular flexibility index (Phi) is 5.20. The standard InChI is InChI=1S/C11H18N2O/c1-2-13-9-5-7-11(13)6-3-4-8-12-10-14/h3-4,11H,2,5-9H2,1H3/b4-3-. The second-order valence-electron chi connectivity index (χ2n) is 3.56. The van der Waals surface area contributed by atoms with Crippen LogP contribution in [0.3, 0.4) is 0 Å². The summed E-state index contributed by atoms with van der Waals surface area (Å²) in [4.78, 5) is 15.8. The lowest BCUT2D eigenvalue weighted by molar-refractivity contribution is 0.269. The Balaban J connectivity index is 2.22. The van der Waals surface area contributed by atoms with Crippen LogP contribution in [0.25, 0.3) is 0 Å². The molecule has 1 aliphatic rings. The van der Waals surface area contributed by atoms with E-state index in [0.29, 0.717) is 12.6 Å². The van der Waals surface area contributed by atoms with Crippen LogP contribution in [0.5, 0.6) is 0 Å². The minimum Gasteiger partial charge on any atom is -0.300 e. The number of rotatable bonds is 5. The Bertz CT molecular complexity index is 231. The molecule has 0 aromatic heterocycles. The van der Waals surface area contributed by atoms with E-state index in [9.17, 15) is 4.79 Å². The fraction of sp³-hybridized carbons (Fsp3) is 0.727. The van der Waals surface area contributed by atoms with Crippen LogP contribution in [0.1, 0.15) is 26.2 Å². The molecule has 1 fully saturated rings. The molecular weight excluding hydrogens is 176 g/mol. The van der Waals surface area contributed by atoms with Crippen molar-refractivity contribution < 1.29 is 4.79 Å². The summed E-state index contributed by atoms with van der Waals surface area (Å²) in [5.74, 6) is 0. The highest BCUT2D eigenvalue weighted by Crippen LogP contribution is 2.19. The van der Waals surface area contributed by atoms with Gasteiger partial charge in [0.15, 0.2) is 0 Å². The van der Waals surface area contributed by atoms with E-state index < -0.39 is 0 Å². The summed E-state index contributed by atoms with van der Waals surface area (Å²) in [6.07, 6.45) is 9.30. The number of nitrogens with zero attached hydrogens (tertiary/aromatic N) is 2. The van der Waals surface area contributed by atoms with Crippen molar-refractivity contribution in [3.63, 3.8) is 0 Å². The van der Waals surface area contributed by atoms with Crippen molar-refractivity contribution in [2.45, 2.75) is 32.2 Å². The van der Waals surface area contributed by atoms with Gasteiger partial charge in [-0.3, -0.25) is 0 Å². The van der Waals surface area contributed by atoms with E-state index in [4.69, 9.17) is 0 Å². The van der Waals surface area contributed by atoms with Gasteiger partial charge in [-0.25, -0.2) is 9.79 Å². The minimum absolute atomic E-state index is 0.475. The Hall–Kier alpha value is -0.920. The van der Waals surface area contributed by atoms with Crippen molar-refractivity contribution in [1.82, 2.24) is 4.90 Å². The molecule has 0 N–H and O–H groups in total. The summed E-state index contributed by atoms with van der Waals surface area (Å²) < 4.78 is 0. The molecule has 0 aliphatic carbocycles. The molecule has 1 rings (SSSR count). The highest BCUT2D eigenvalue weighted by Gasteiger charge is 2.20. The minimum atomic E-state index is 0.475. The topological polar surface area (TPSA) is 32.7 Å². The number of hydrogen-bond donors (Lipinski definition) is 0. The summed E-state index contributed by atoms with van der Waals surface area (Å²) >= 11 is 0. The van der Waals surface area contributed by atoms with Gasteiger partial charge in [-0.05, 0) is 32.4 Å². The molecular formula is C11H18N2O. The molecule has 1 saturated heterocycles. The molecule has 0 spiro atoms. The molecule has 1 atom stereocenters. The molecule has 0 radical (unpaired) electrons. The zero-order valence-corrected chi connectivity index (χ0v) is 8.78. The van der Waals surface area contributed by atoms with Crippen LogP contribution in [0.15, 0.2) is 17.1 Å². The lowest BCUT2D eigenvalue weighted by atomic mass is 10.1. The predicted octanol–water partition coefficient (Wildman–Crippen LogP) is 1.75. The molecule has 0 aromatic carbocycles. The van der Waals surface area contributed by atoms with Crippen molar-refractivity contribution in [3.05, 3.63) is 12.2 Å². The average Bonchev–Trinajstić information content (AvgIpc) is 2.65. The smallest absolute Gasteiger partial charge is 0.235 e. The maximum atomic E-state index is 9.79. The normalized spacial score (nSPS) is 22.8. The van der Waals surface area contributed by atoms with E-state index in [1.54, 1.807) is 0 Å². The number of aliphatic imine (C=N–C) groups is 1. The van der Waals surface area contributed by atoms with Crippen LogP contribution < -0.4 is 0 Å². The largest absolute Gasteiger partial charge is 0.300 e. The summed E-state index contributed by atoms with van der Waals surface area (Å²) in [6, 6.07) is 0.705. The number of hydrogen-bond acceptors (Lipinski definition) is 3.